The molecule has 0 spiro atoms. The van der Waals surface area contributed by atoms with Gasteiger partial charge < -0.3 is 17.3 Å². The van der Waals surface area contributed by atoms with Gasteiger partial charge in [0, 0.05) is 11.2 Å². The van der Waals surface area contributed by atoms with E-state index in [-0.39, 0.29) is 0 Å². The molecule has 0 unspecified atom stereocenters. The molecule has 0 aliphatic carbocycles. The molecule has 1 heterocycles. The van der Waals surface area contributed by atoms with E-state index in [1.165, 1.54) is 0 Å². The highest BCUT2D eigenvalue weighted by Gasteiger charge is 2.20. The van der Waals surface area contributed by atoms with Crippen molar-refractivity contribution in [3.8, 4) is 0 Å². The molecule has 0 saturated carbocycles. The number of aryl methyl sites for hydroxylation is 1. The Kier molecular flexibility index (Phi) is 4.68. The quantitative estimate of drug-likeness (QED) is 0.367. The van der Waals surface area contributed by atoms with Crippen LogP contribution in [0, 0.1) is 0 Å². The normalized spacial score (nSPS) is 10.3. The van der Waals surface area contributed by atoms with Crippen molar-refractivity contribution in [2.24, 2.45) is 7.05 Å². The summed E-state index contributed by atoms with van der Waals surface area (Å²) in [6.45, 7) is 0. The first-order valence-corrected chi connectivity index (χ1v) is 3.52. The van der Waals surface area contributed by atoms with Crippen molar-refractivity contribution in [1.82, 2.24) is 5.10 Å². The van der Waals surface area contributed by atoms with Gasteiger partial charge in [-0.25, -0.2) is 0 Å². The van der Waals surface area contributed by atoms with E-state index < -0.39 is 7.25 Å². The molecular weight excluding hydrogens is 210 g/mol. The summed E-state index contributed by atoms with van der Waals surface area (Å²) in [5.41, 5.74) is 0. The van der Waals surface area contributed by atoms with Crippen LogP contribution in [-0.4, -0.2) is 12.4 Å². The summed E-state index contributed by atoms with van der Waals surface area (Å²) in [7, 11) is -4.17. The second-order valence-electron chi connectivity index (χ2n) is 2.00. The molecule has 0 bridgehead atoms. The molecule has 0 amide bonds. The summed E-state index contributed by atoms with van der Waals surface area (Å²) in [6, 6.07) is 3.58. The van der Waals surface area contributed by atoms with Gasteiger partial charge in [0.25, 0.3) is 0 Å². The first kappa shape index (κ1) is 12.2. The van der Waals surface area contributed by atoms with Gasteiger partial charge in [-0.3, -0.25) is 0 Å². The fourth-order valence-electron chi connectivity index (χ4n) is 0.464. The smallest absolute Gasteiger partial charge is 0.418 e. The minimum absolute atomic E-state index is 0.523. The van der Waals surface area contributed by atoms with Crippen molar-refractivity contribution >= 4 is 18.9 Å². The van der Waals surface area contributed by atoms with Crippen LogP contribution in [0.5, 0.6) is 0 Å². The molecular formula is C5H6BClF4N2. The van der Waals surface area contributed by atoms with Gasteiger partial charge in [-0.15, -0.1) is 0 Å². The number of aromatic nitrogens is 2. The van der Waals surface area contributed by atoms with Gasteiger partial charge in [0.15, 0.2) is 18.4 Å². The number of hydrogen-bond acceptors (Lipinski definition) is 1. The molecule has 8 heteroatoms. The highest BCUT2D eigenvalue weighted by atomic mass is 35.5. The van der Waals surface area contributed by atoms with E-state index in [2.05, 4.69) is 5.10 Å². The predicted octanol–water partition coefficient (Wildman–Crippen LogP) is 1.86. The Morgan fingerprint density at radius 3 is 2.08 bits per heavy atom. The lowest BCUT2D eigenvalue weighted by Gasteiger charge is -1.94. The molecule has 74 valence electrons. The van der Waals surface area contributed by atoms with Crippen molar-refractivity contribution in [3.63, 3.8) is 0 Å². The predicted molar refractivity (Wildman–Crippen MR) is 40.6 cm³/mol. The Morgan fingerprint density at radius 1 is 1.38 bits per heavy atom. The molecule has 13 heavy (non-hydrogen) atoms. The lowest BCUT2D eigenvalue weighted by molar-refractivity contribution is -0.730. The van der Waals surface area contributed by atoms with Crippen LogP contribution in [-0.2, 0) is 7.05 Å². The van der Waals surface area contributed by atoms with E-state index in [1.807, 2.05) is 19.3 Å². The maximum atomic E-state index is 9.75. The molecule has 0 saturated heterocycles. The molecule has 0 aliphatic heterocycles. The van der Waals surface area contributed by atoms with Gasteiger partial charge in [-0.2, -0.15) is 0 Å². The first-order valence-electron chi connectivity index (χ1n) is 3.15. The van der Waals surface area contributed by atoms with E-state index >= 15 is 0 Å². The lowest BCUT2D eigenvalue weighted by Crippen LogP contribution is -2.31. The van der Waals surface area contributed by atoms with Crippen LogP contribution in [0.2, 0.25) is 5.15 Å². The molecule has 1 aromatic heterocycles. The van der Waals surface area contributed by atoms with Gasteiger partial charge in [-0.1, -0.05) is 16.3 Å². The van der Waals surface area contributed by atoms with Crippen LogP contribution in [0.1, 0.15) is 0 Å². The Bertz CT molecular complexity index is 244. The minimum atomic E-state index is -6.00. The molecule has 0 atom stereocenters. The van der Waals surface area contributed by atoms with Crippen LogP contribution < -0.4 is 4.68 Å². The fraction of sp³-hybridized carbons (Fsp3) is 0.200. The molecule has 0 aliphatic rings. The number of hydrogen-bond donors (Lipinski definition) is 0. The number of nitrogens with zero attached hydrogens (tertiary/aromatic N) is 2. The first-order chi connectivity index (χ1) is 5.79. The van der Waals surface area contributed by atoms with Crippen molar-refractivity contribution in [1.29, 1.82) is 0 Å². The van der Waals surface area contributed by atoms with Crippen molar-refractivity contribution in [2.75, 3.05) is 0 Å². The monoisotopic (exact) mass is 216 g/mol. The number of halogens is 5. The Hall–Kier alpha value is -0.845. The average molecular weight is 216 g/mol. The van der Waals surface area contributed by atoms with Crippen LogP contribution in [0.15, 0.2) is 18.3 Å². The molecule has 1 rings (SSSR count). The van der Waals surface area contributed by atoms with Crippen molar-refractivity contribution in [3.05, 3.63) is 23.5 Å². The Labute approximate surface area is 77.2 Å². The standard InChI is InChI=1S/C5H6ClN2.BF4/c1-8-4-2-3-5(6)7-8;2-1(3,4)5/h2-4H,1H3;/q+1;-1. The third-order valence-corrected chi connectivity index (χ3v) is 0.990. The average Bonchev–Trinajstić information content (AvgIpc) is 1.81. The van der Waals surface area contributed by atoms with E-state index in [4.69, 9.17) is 11.6 Å². The maximum absolute atomic E-state index is 9.75. The molecule has 0 aromatic carbocycles. The van der Waals surface area contributed by atoms with Gasteiger partial charge in [0.1, 0.15) is 0 Å². The zero-order valence-corrected chi connectivity index (χ0v) is 7.35. The SMILES string of the molecule is C[n+]1cccc(Cl)n1.F[B-](F)(F)F. The van der Waals surface area contributed by atoms with E-state index in [9.17, 15) is 17.3 Å². The van der Waals surface area contributed by atoms with Gasteiger partial charge in [0.2, 0.25) is 0 Å². The number of rotatable bonds is 0. The zero-order chi connectivity index (χ0) is 10.5. The minimum Gasteiger partial charge on any atom is -0.418 e. The third-order valence-electron chi connectivity index (χ3n) is 0.789. The summed E-state index contributed by atoms with van der Waals surface area (Å²) in [5, 5.41) is 4.38. The van der Waals surface area contributed by atoms with Crippen LogP contribution >= 0.6 is 11.6 Å². The molecule has 0 radical (unpaired) electrons. The largest absolute Gasteiger partial charge is 0.673 e. The maximum Gasteiger partial charge on any atom is 0.673 e. The Morgan fingerprint density at radius 2 is 1.85 bits per heavy atom. The zero-order valence-electron chi connectivity index (χ0n) is 6.59. The second-order valence-corrected chi connectivity index (χ2v) is 2.39. The molecule has 1 aromatic rings. The fourth-order valence-corrected chi connectivity index (χ4v) is 0.656. The van der Waals surface area contributed by atoms with Gasteiger partial charge in [0.05, 0.1) is 0 Å². The van der Waals surface area contributed by atoms with Crippen LogP contribution in [0.25, 0.3) is 0 Å². The van der Waals surface area contributed by atoms with Gasteiger partial charge >= 0.3 is 7.25 Å². The summed E-state index contributed by atoms with van der Waals surface area (Å²) in [5.74, 6) is 0. The van der Waals surface area contributed by atoms with Crippen molar-refractivity contribution < 1.29 is 21.9 Å². The molecule has 0 N–H and O–H groups in total. The topological polar surface area (TPSA) is 16.8 Å². The van der Waals surface area contributed by atoms with E-state index in [1.54, 1.807) is 10.7 Å². The van der Waals surface area contributed by atoms with Crippen LogP contribution in [0.4, 0.5) is 17.3 Å². The highest BCUT2D eigenvalue weighted by Crippen LogP contribution is 2.06. The van der Waals surface area contributed by atoms with Crippen LogP contribution in [0.3, 0.4) is 0 Å². The van der Waals surface area contributed by atoms with Crippen molar-refractivity contribution in [2.45, 2.75) is 0 Å². The Balaban J connectivity index is 0.000000252. The summed E-state index contributed by atoms with van der Waals surface area (Å²) < 4.78 is 40.7. The van der Waals surface area contributed by atoms with E-state index in [0.29, 0.717) is 5.15 Å². The summed E-state index contributed by atoms with van der Waals surface area (Å²) >= 11 is 5.51. The van der Waals surface area contributed by atoms with E-state index in [0.717, 1.165) is 0 Å². The molecule has 2 nitrogen and oxygen atoms in total. The third kappa shape index (κ3) is 11.2. The lowest BCUT2D eigenvalue weighted by atomic mass is 10.3. The molecule has 0 fully saturated rings. The summed E-state index contributed by atoms with van der Waals surface area (Å²) in [6.07, 6.45) is 1.83. The highest BCUT2D eigenvalue weighted by molar-refractivity contribution is 6.50. The summed E-state index contributed by atoms with van der Waals surface area (Å²) in [4.78, 5) is 0. The second kappa shape index (κ2) is 5.01. The van der Waals surface area contributed by atoms with Gasteiger partial charge in [-0.05, 0) is 6.07 Å².